The molecule has 0 N–H and O–H groups in total. The third kappa shape index (κ3) is 1.72. The highest BCUT2D eigenvalue weighted by molar-refractivity contribution is 9.11. The van der Waals surface area contributed by atoms with Crippen LogP contribution in [-0.2, 0) is 0 Å². The Morgan fingerprint density at radius 3 is 2.53 bits per heavy atom. The lowest BCUT2D eigenvalue weighted by Crippen LogP contribution is -2.05. The lowest BCUT2D eigenvalue weighted by molar-refractivity contribution is 0.583. The van der Waals surface area contributed by atoms with Crippen LogP contribution in [0, 0.1) is 11.8 Å². The molecule has 0 aliphatic heterocycles. The van der Waals surface area contributed by atoms with Gasteiger partial charge in [0.2, 0.25) is 0 Å². The maximum atomic E-state index is 3.67. The van der Waals surface area contributed by atoms with Crippen LogP contribution < -0.4 is 0 Å². The molecular weight excluding hydrogens is 316 g/mol. The first-order valence-corrected chi connectivity index (χ1v) is 6.96. The SMILES string of the molecule is Brc1ccc(C2CC3C=CC2C3)c(Br)c1. The van der Waals surface area contributed by atoms with Gasteiger partial charge < -0.3 is 0 Å². The van der Waals surface area contributed by atoms with Crippen LogP contribution in [0.25, 0.3) is 0 Å². The molecule has 0 radical (unpaired) electrons. The summed E-state index contributed by atoms with van der Waals surface area (Å²) < 4.78 is 2.40. The quantitative estimate of drug-likeness (QED) is 0.644. The summed E-state index contributed by atoms with van der Waals surface area (Å²) in [5, 5.41) is 0. The zero-order chi connectivity index (χ0) is 10.4. The molecule has 2 heteroatoms. The smallest absolute Gasteiger partial charge is 0.0221 e. The third-order valence-corrected chi connectivity index (χ3v) is 4.82. The molecular formula is C13H12Br2. The van der Waals surface area contributed by atoms with Crippen molar-refractivity contribution in [2.45, 2.75) is 18.8 Å². The van der Waals surface area contributed by atoms with Crippen molar-refractivity contribution >= 4 is 31.9 Å². The van der Waals surface area contributed by atoms with Gasteiger partial charge in [0, 0.05) is 8.95 Å². The molecule has 1 fully saturated rings. The molecule has 0 spiro atoms. The number of allylic oxidation sites excluding steroid dienone is 2. The number of hydrogen-bond acceptors (Lipinski definition) is 0. The van der Waals surface area contributed by atoms with Crippen LogP contribution >= 0.6 is 31.9 Å². The summed E-state index contributed by atoms with van der Waals surface area (Å²) in [5.74, 6) is 2.37. The van der Waals surface area contributed by atoms with E-state index in [4.69, 9.17) is 0 Å². The van der Waals surface area contributed by atoms with E-state index in [1.807, 2.05) is 0 Å². The minimum absolute atomic E-state index is 0.738. The normalized spacial score (nSPS) is 32.5. The number of benzene rings is 1. The fraction of sp³-hybridized carbons (Fsp3) is 0.385. The standard InChI is InChI=1S/C13H12Br2/c14-10-3-4-11(13(15)7-10)12-6-8-1-2-9(12)5-8/h1-4,7-9,12H,5-6H2. The van der Waals surface area contributed by atoms with Crippen LogP contribution in [-0.4, -0.2) is 0 Å². The van der Waals surface area contributed by atoms with Crippen LogP contribution in [0.3, 0.4) is 0 Å². The molecule has 2 bridgehead atoms. The number of hydrogen-bond donors (Lipinski definition) is 0. The Kier molecular flexibility index (Phi) is 2.52. The van der Waals surface area contributed by atoms with E-state index >= 15 is 0 Å². The lowest BCUT2D eigenvalue weighted by Gasteiger charge is -2.20. The summed E-state index contributed by atoms with van der Waals surface area (Å²) in [7, 11) is 0. The van der Waals surface area contributed by atoms with Crippen LogP contribution in [0.2, 0.25) is 0 Å². The summed E-state index contributed by atoms with van der Waals surface area (Å²) >= 11 is 7.18. The predicted molar refractivity (Wildman–Crippen MR) is 69.9 cm³/mol. The summed E-state index contributed by atoms with van der Waals surface area (Å²) in [6, 6.07) is 6.56. The van der Waals surface area contributed by atoms with E-state index in [-0.39, 0.29) is 0 Å². The van der Waals surface area contributed by atoms with E-state index in [0.717, 1.165) is 22.2 Å². The van der Waals surface area contributed by atoms with Crippen molar-refractivity contribution < 1.29 is 0 Å². The van der Waals surface area contributed by atoms with E-state index < -0.39 is 0 Å². The van der Waals surface area contributed by atoms with E-state index in [1.54, 1.807) is 0 Å². The molecule has 0 amide bonds. The molecule has 15 heavy (non-hydrogen) atoms. The predicted octanol–water partition coefficient (Wildman–Crippen LogP) is 4.89. The molecule has 0 saturated heterocycles. The van der Waals surface area contributed by atoms with Crippen LogP contribution in [0.1, 0.15) is 24.3 Å². The molecule has 0 nitrogen and oxygen atoms in total. The molecule has 3 atom stereocenters. The molecule has 78 valence electrons. The van der Waals surface area contributed by atoms with Crippen molar-refractivity contribution in [1.82, 2.24) is 0 Å². The van der Waals surface area contributed by atoms with Gasteiger partial charge in [0.25, 0.3) is 0 Å². The average Bonchev–Trinajstić information content (AvgIpc) is 2.78. The first-order valence-electron chi connectivity index (χ1n) is 5.37. The van der Waals surface area contributed by atoms with E-state index in [2.05, 4.69) is 62.2 Å². The van der Waals surface area contributed by atoms with Crippen molar-refractivity contribution in [1.29, 1.82) is 0 Å². The summed E-state index contributed by atoms with van der Waals surface area (Å²) in [4.78, 5) is 0. The number of halogens is 2. The summed E-state index contributed by atoms with van der Waals surface area (Å²) in [6.07, 6.45) is 7.51. The second kappa shape index (κ2) is 3.74. The Morgan fingerprint density at radius 2 is 1.93 bits per heavy atom. The zero-order valence-electron chi connectivity index (χ0n) is 8.29. The molecule has 1 aromatic carbocycles. The molecule has 1 aromatic rings. The lowest BCUT2D eigenvalue weighted by atomic mass is 9.87. The maximum absolute atomic E-state index is 3.67. The van der Waals surface area contributed by atoms with Crippen molar-refractivity contribution in [2.24, 2.45) is 11.8 Å². The van der Waals surface area contributed by atoms with Gasteiger partial charge in [-0.05, 0) is 48.3 Å². The monoisotopic (exact) mass is 326 g/mol. The fourth-order valence-electron chi connectivity index (χ4n) is 2.94. The van der Waals surface area contributed by atoms with Crippen LogP contribution in [0.4, 0.5) is 0 Å². The van der Waals surface area contributed by atoms with Crippen molar-refractivity contribution in [2.75, 3.05) is 0 Å². The van der Waals surface area contributed by atoms with E-state index in [1.165, 1.54) is 22.9 Å². The summed E-state index contributed by atoms with van der Waals surface area (Å²) in [6.45, 7) is 0. The van der Waals surface area contributed by atoms with Gasteiger partial charge in [-0.2, -0.15) is 0 Å². The molecule has 2 aliphatic rings. The number of fused-ring (bicyclic) bond motifs is 2. The second-order valence-electron chi connectivity index (χ2n) is 4.55. The van der Waals surface area contributed by atoms with Gasteiger partial charge in [-0.3, -0.25) is 0 Å². The number of rotatable bonds is 1. The van der Waals surface area contributed by atoms with Gasteiger partial charge in [-0.15, -0.1) is 0 Å². The zero-order valence-corrected chi connectivity index (χ0v) is 11.5. The van der Waals surface area contributed by atoms with Gasteiger partial charge in [0.15, 0.2) is 0 Å². The Balaban J connectivity index is 1.97. The highest BCUT2D eigenvalue weighted by atomic mass is 79.9. The summed E-state index contributed by atoms with van der Waals surface area (Å²) in [5.41, 5.74) is 1.48. The molecule has 3 rings (SSSR count). The Hall–Kier alpha value is -0.0800. The molecule has 0 heterocycles. The maximum Gasteiger partial charge on any atom is 0.0221 e. The third-order valence-electron chi connectivity index (χ3n) is 3.64. The topological polar surface area (TPSA) is 0 Å². The minimum Gasteiger partial charge on any atom is -0.0851 e. The Bertz CT molecular complexity index is 423. The minimum atomic E-state index is 0.738. The van der Waals surface area contributed by atoms with Crippen molar-refractivity contribution in [3.05, 3.63) is 44.9 Å². The van der Waals surface area contributed by atoms with Gasteiger partial charge in [0.05, 0.1) is 0 Å². The first kappa shape index (κ1) is 10.1. The highest BCUT2D eigenvalue weighted by Gasteiger charge is 2.37. The fourth-order valence-corrected chi connectivity index (χ4v) is 4.28. The molecule has 2 aliphatic carbocycles. The van der Waals surface area contributed by atoms with E-state index in [9.17, 15) is 0 Å². The van der Waals surface area contributed by atoms with Crippen LogP contribution in [0.5, 0.6) is 0 Å². The Morgan fingerprint density at radius 1 is 1.07 bits per heavy atom. The van der Waals surface area contributed by atoms with Crippen molar-refractivity contribution in [3.63, 3.8) is 0 Å². The average molecular weight is 328 g/mol. The van der Waals surface area contributed by atoms with Crippen molar-refractivity contribution in [3.8, 4) is 0 Å². The van der Waals surface area contributed by atoms with E-state index in [0.29, 0.717) is 0 Å². The molecule has 3 unspecified atom stereocenters. The largest absolute Gasteiger partial charge is 0.0851 e. The first-order chi connectivity index (χ1) is 7.24. The van der Waals surface area contributed by atoms with Gasteiger partial charge in [-0.25, -0.2) is 0 Å². The van der Waals surface area contributed by atoms with Gasteiger partial charge in [-0.1, -0.05) is 50.1 Å². The molecule has 0 aromatic heterocycles. The molecule has 1 saturated carbocycles. The Labute approximate surface area is 107 Å². The van der Waals surface area contributed by atoms with Gasteiger partial charge >= 0.3 is 0 Å². The van der Waals surface area contributed by atoms with Crippen LogP contribution in [0.15, 0.2) is 39.3 Å². The highest BCUT2D eigenvalue weighted by Crippen LogP contribution is 2.50. The second-order valence-corrected chi connectivity index (χ2v) is 6.32. The van der Waals surface area contributed by atoms with Gasteiger partial charge in [0.1, 0.15) is 0 Å².